The molecule has 9 aromatic rings. The maximum Gasteiger partial charge on any atom is 0.164 e. The molecule has 9 rings (SSSR count). The molecule has 0 atom stereocenters. The second kappa shape index (κ2) is 11.2. The number of furan rings is 1. The average molecular weight is 602 g/mol. The van der Waals surface area contributed by atoms with Crippen molar-refractivity contribution in [3.8, 4) is 56.4 Å². The summed E-state index contributed by atoms with van der Waals surface area (Å²) in [6.45, 7) is 0. The zero-order chi connectivity index (χ0) is 31.2. The van der Waals surface area contributed by atoms with Gasteiger partial charge in [0.25, 0.3) is 0 Å². The standard InChI is InChI=1S/C43H27N3O/c1-4-14-28(15-5-1)31-24-25-34-32(26-31)27-37(39-36-22-12-13-23-38(36)47-40(34)39)43-45-41(30-18-8-3-9-19-30)44-42(46-43)35-21-11-10-20-33(35)29-16-6-2-7-17-29/h1-27H. The Morgan fingerprint density at radius 3 is 1.68 bits per heavy atom. The molecule has 0 unspecified atom stereocenters. The highest BCUT2D eigenvalue weighted by Gasteiger charge is 2.21. The molecule has 220 valence electrons. The summed E-state index contributed by atoms with van der Waals surface area (Å²) in [5.41, 5.74) is 8.89. The van der Waals surface area contributed by atoms with Crippen LogP contribution in [0.25, 0.3) is 89.1 Å². The molecule has 2 heterocycles. The maximum absolute atomic E-state index is 6.61. The molecule has 0 N–H and O–H groups in total. The molecule has 4 heteroatoms. The molecule has 0 bridgehead atoms. The molecule has 0 aliphatic carbocycles. The van der Waals surface area contributed by atoms with Gasteiger partial charge in [0.05, 0.1) is 0 Å². The molecule has 0 spiro atoms. The maximum atomic E-state index is 6.61. The summed E-state index contributed by atoms with van der Waals surface area (Å²) in [4.78, 5) is 15.5. The predicted molar refractivity (Wildman–Crippen MR) is 192 cm³/mol. The Bertz CT molecular complexity index is 2560. The lowest BCUT2D eigenvalue weighted by atomic mass is 9.96. The molecule has 0 fully saturated rings. The fourth-order valence-corrected chi connectivity index (χ4v) is 6.49. The van der Waals surface area contributed by atoms with Crippen LogP contribution in [0.1, 0.15) is 0 Å². The molecule has 7 aromatic carbocycles. The Hall–Kier alpha value is -6.39. The van der Waals surface area contributed by atoms with Crippen LogP contribution in [0.2, 0.25) is 0 Å². The number of hydrogen-bond acceptors (Lipinski definition) is 4. The smallest absolute Gasteiger partial charge is 0.164 e. The Morgan fingerprint density at radius 2 is 0.936 bits per heavy atom. The highest BCUT2D eigenvalue weighted by atomic mass is 16.3. The van der Waals surface area contributed by atoms with E-state index in [9.17, 15) is 0 Å². The van der Waals surface area contributed by atoms with Gasteiger partial charge in [-0.15, -0.1) is 0 Å². The number of rotatable bonds is 5. The fourth-order valence-electron chi connectivity index (χ4n) is 6.49. The molecule has 47 heavy (non-hydrogen) atoms. The Labute approximate surface area is 271 Å². The van der Waals surface area contributed by atoms with Crippen LogP contribution in [0.15, 0.2) is 168 Å². The highest BCUT2D eigenvalue weighted by molar-refractivity contribution is 6.21. The third kappa shape index (κ3) is 4.75. The Balaban J connectivity index is 1.36. The van der Waals surface area contributed by atoms with Gasteiger partial charge in [0.1, 0.15) is 11.2 Å². The largest absolute Gasteiger partial charge is 0.455 e. The van der Waals surface area contributed by atoms with Crippen molar-refractivity contribution in [3.05, 3.63) is 164 Å². The number of fused-ring (bicyclic) bond motifs is 5. The third-order valence-corrected chi connectivity index (χ3v) is 8.73. The highest BCUT2D eigenvalue weighted by Crippen LogP contribution is 2.42. The van der Waals surface area contributed by atoms with E-state index in [-0.39, 0.29) is 0 Å². The first-order chi connectivity index (χ1) is 23.3. The van der Waals surface area contributed by atoms with Crippen molar-refractivity contribution >= 4 is 32.7 Å². The first-order valence-corrected chi connectivity index (χ1v) is 15.7. The minimum Gasteiger partial charge on any atom is -0.455 e. The van der Waals surface area contributed by atoms with Gasteiger partial charge in [0.15, 0.2) is 17.5 Å². The molecule has 0 amide bonds. The minimum absolute atomic E-state index is 0.597. The second-order valence-electron chi connectivity index (χ2n) is 11.6. The van der Waals surface area contributed by atoms with Crippen molar-refractivity contribution < 1.29 is 4.42 Å². The molecular weight excluding hydrogens is 574 g/mol. The lowest BCUT2D eigenvalue weighted by molar-refractivity contribution is 0.672. The van der Waals surface area contributed by atoms with Crippen molar-refractivity contribution in [2.45, 2.75) is 0 Å². The molecule has 0 radical (unpaired) electrons. The summed E-state index contributed by atoms with van der Waals surface area (Å²) < 4.78 is 6.61. The van der Waals surface area contributed by atoms with Crippen LogP contribution < -0.4 is 0 Å². The SMILES string of the molecule is c1ccc(-c2ccc3c(c2)cc(-c2nc(-c4ccccc4)nc(-c4ccccc4-c4ccccc4)n2)c2c4ccccc4oc32)cc1. The number of hydrogen-bond donors (Lipinski definition) is 0. The van der Waals surface area contributed by atoms with Crippen molar-refractivity contribution in [3.63, 3.8) is 0 Å². The van der Waals surface area contributed by atoms with E-state index in [2.05, 4.69) is 97.1 Å². The number of benzene rings is 7. The molecule has 0 saturated carbocycles. The van der Waals surface area contributed by atoms with Crippen molar-refractivity contribution in [2.75, 3.05) is 0 Å². The first kappa shape index (κ1) is 27.0. The van der Waals surface area contributed by atoms with Gasteiger partial charge in [-0.3, -0.25) is 0 Å². The van der Waals surface area contributed by atoms with Crippen LogP contribution >= 0.6 is 0 Å². The Kier molecular flexibility index (Phi) is 6.43. The van der Waals surface area contributed by atoms with E-state index >= 15 is 0 Å². The molecule has 0 aliphatic rings. The summed E-state index contributed by atoms with van der Waals surface area (Å²) >= 11 is 0. The van der Waals surface area contributed by atoms with E-state index in [1.54, 1.807) is 0 Å². The number of nitrogens with zero attached hydrogens (tertiary/aromatic N) is 3. The summed E-state index contributed by atoms with van der Waals surface area (Å²) in [6, 6.07) is 56.2. The number of aromatic nitrogens is 3. The zero-order valence-corrected chi connectivity index (χ0v) is 25.3. The van der Waals surface area contributed by atoms with Crippen LogP contribution in [0, 0.1) is 0 Å². The third-order valence-electron chi connectivity index (χ3n) is 8.73. The second-order valence-corrected chi connectivity index (χ2v) is 11.6. The van der Waals surface area contributed by atoms with Gasteiger partial charge < -0.3 is 4.42 Å². The van der Waals surface area contributed by atoms with E-state index in [1.807, 2.05) is 66.7 Å². The van der Waals surface area contributed by atoms with E-state index in [4.69, 9.17) is 19.4 Å². The molecule has 0 aliphatic heterocycles. The van der Waals surface area contributed by atoms with Gasteiger partial charge in [-0.25, -0.2) is 15.0 Å². The van der Waals surface area contributed by atoms with E-state index in [1.165, 1.54) is 0 Å². The number of para-hydroxylation sites is 1. The summed E-state index contributed by atoms with van der Waals surface area (Å²) in [6.07, 6.45) is 0. The van der Waals surface area contributed by atoms with Gasteiger partial charge >= 0.3 is 0 Å². The van der Waals surface area contributed by atoms with Crippen LogP contribution in [0.3, 0.4) is 0 Å². The zero-order valence-electron chi connectivity index (χ0n) is 25.3. The molecule has 4 nitrogen and oxygen atoms in total. The van der Waals surface area contributed by atoms with Gasteiger partial charge in [-0.2, -0.15) is 0 Å². The molecule has 2 aromatic heterocycles. The van der Waals surface area contributed by atoms with Crippen LogP contribution in [0.4, 0.5) is 0 Å². The van der Waals surface area contributed by atoms with E-state index < -0.39 is 0 Å². The summed E-state index contributed by atoms with van der Waals surface area (Å²) in [5, 5.41) is 4.12. The van der Waals surface area contributed by atoms with E-state index in [0.717, 1.165) is 71.7 Å². The van der Waals surface area contributed by atoms with Gasteiger partial charge in [0, 0.05) is 32.8 Å². The normalized spacial score (nSPS) is 11.4. The van der Waals surface area contributed by atoms with Crippen LogP contribution in [-0.4, -0.2) is 15.0 Å². The Morgan fingerprint density at radius 1 is 0.362 bits per heavy atom. The van der Waals surface area contributed by atoms with Crippen LogP contribution in [-0.2, 0) is 0 Å². The van der Waals surface area contributed by atoms with Crippen LogP contribution in [0.5, 0.6) is 0 Å². The first-order valence-electron chi connectivity index (χ1n) is 15.7. The van der Waals surface area contributed by atoms with Crippen molar-refractivity contribution in [1.29, 1.82) is 0 Å². The van der Waals surface area contributed by atoms with Gasteiger partial charge in [0.2, 0.25) is 0 Å². The van der Waals surface area contributed by atoms with E-state index in [0.29, 0.717) is 17.5 Å². The predicted octanol–water partition coefficient (Wildman–Crippen LogP) is 11.3. The van der Waals surface area contributed by atoms with Crippen molar-refractivity contribution in [1.82, 2.24) is 15.0 Å². The fraction of sp³-hybridized carbons (Fsp3) is 0. The monoisotopic (exact) mass is 601 g/mol. The lowest BCUT2D eigenvalue weighted by Crippen LogP contribution is -2.01. The summed E-state index contributed by atoms with van der Waals surface area (Å²) in [5.74, 6) is 1.83. The molecule has 0 saturated heterocycles. The topological polar surface area (TPSA) is 51.8 Å². The van der Waals surface area contributed by atoms with Gasteiger partial charge in [-0.1, -0.05) is 140 Å². The lowest BCUT2D eigenvalue weighted by Gasteiger charge is -2.13. The molecular formula is C43H27N3O. The van der Waals surface area contributed by atoms with Crippen molar-refractivity contribution in [2.24, 2.45) is 0 Å². The van der Waals surface area contributed by atoms with Gasteiger partial charge in [-0.05, 0) is 51.9 Å². The summed E-state index contributed by atoms with van der Waals surface area (Å²) in [7, 11) is 0. The quantitative estimate of drug-likeness (QED) is 0.197. The average Bonchev–Trinajstić information content (AvgIpc) is 3.55. The minimum atomic E-state index is 0.597.